The summed E-state index contributed by atoms with van der Waals surface area (Å²) in [5.74, 6) is 1.18. The standard InChI is InChI=1S/C32H48N8O/c1-6-21-17-22(9-10-28(21)40-13-11-24(12-14-40)39(8-3)16-15-38(4)5)26-20-34-31(33)30-29(26)37-32(27(7-2)36-30)35-23-18-25(41)19-23/h9-10,17,20,23-25,41H,6-8,11-16,18-19H2,1-5H3,(H2,33,34)(H,35,37). The third-order valence-corrected chi connectivity index (χ3v) is 8.92. The number of aryl methyl sites for hydroxylation is 2. The number of piperidine rings is 1. The number of rotatable bonds is 11. The topological polar surface area (TPSA) is 107 Å². The molecule has 2 aromatic heterocycles. The molecule has 2 fully saturated rings. The van der Waals surface area contributed by atoms with E-state index in [-0.39, 0.29) is 12.1 Å². The predicted octanol–water partition coefficient (Wildman–Crippen LogP) is 4.19. The van der Waals surface area contributed by atoms with Gasteiger partial charge in [0.15, 0.2) is 5.82 Å². The molecule has 0 bridgehead atoms. The van der Waals surface area contributed by atoms with Gasteiger partial charge in [0.25, 0.3) is 0 Å². The van der Waals surface area contributed by atoms with E-state index in [1.807, 2.05) is 6.20 Å². The summed E-state index contributed by atoms with van der Waals surface area (Å²) in [7, 11) is 4.31. The van der Waals surface area contributed by atoms with E-state index < -0.39 is 0 Å². The maximum atomic E-state index is 9.77. The van der Waals surface area contributed by atoms with E-state index in [1.54, 1.807) is 0 Å². The van der Waals surface area contributed by atoms with E-state index in [4.69, 9.17) is 15.7 Å². The molecule has 222 valence electrons. The molecular formula is C32H48N8O. The molecule has 1 aromatic carbocycles. The molecule has 1 aliphatic carbocycles. The van der Waals surface area contributed by atoms with Crippen molar-refractivity contribution < 1.29 is 5.11 Å². The SMILES string of the molecule is CCc1cc(-c2cnc(N)c3nc(CC)c(NC4CC(O)C4)nc23)ccc1N1CCC(N(CC)CCN(C)C)CC1. The summed E-state index contributed by atoms with van der Waals surface area (Å²) in [5.41, 5.74) is 13.3. The molecular weight excluding hydrogens is 512 g/mol. The summed E-state index contributed by atoms with van der Waals surface area (Å²) in [5, 5.41) is 13.3. The summed E-state index contributed by atoms with van der Waals surface area (Å²) in [6.45, 7) is 12.1. The van der Waals surface area contributed by atoms with Gasteiger partial charge in [-0.15, -0.1) is 0 Å². The molecule has 3 aromatic rings. The van der Waals surface area contributed by atoms with Crippen LogP contribution in [0.1, 0.15) is 57.7 Å². The second-order valence-electron chi connectivity index (χ2n) is 11.9. The summed E-state index contributed by atoms with van der Waals surface area (Å²) in [6, 6.07) is 7.66. The Morgan fingerprint density at radius 1 is 1.02 bits per heavy atom. The maximum Gasteiger partial charge on any atom is 0.151 e. The van der Waals surface area contributed by atoms with Crippen molar-refractivity contribution in [3.63, 3.8) is 0 Å². The second-order valence-corrected chi connectivity index (χ2v) is 11.9. The average molecular weight is 561 g/mol. The van der Waals surface area contributed by atoms with Crippen LogP contribution in [0.4, 0.5) is 17.3 Å². The van der Waals surface area contributed by atoms with Gasteiger partial charge < -0.3 is 26.0 Å². The van der Waals surface area contributed by atoms with Gasteiger partial charge in [-0.2, -0.15) is 0 Å². The van der Waals surface area contributed by atoms with Crippen molar-refractivity contribution in [2.45, 2.75) is 77.5 Å². The first-order chi connectivity index (χ1) is 19.8. The Labute approximate surface area is 245 Å². The van der Waals surface area contributed by atoms with Crippen LogP contribution in [-0.2, 0) is 12.8 Å². The highest BCUT2D eigenvalue weighted by Gasteiger charge is 2.29. The lowest BCUT2D eigenvalue weighted by molar-refractivity contribution is 0.0835. The Morgan fingerprint density at radius 2 is 1.78 bits per heavy atom. The van der Waals surface area contributed by atoms with E-state index >= 15 is 0 Å². The number of hydrogen-bond donors (Lipinski definition) is 3. The Kier molecular flexibility index (Phi) is 9.26. The van der Waals surface area contributed by atoms with E-state index in [0.717, 1.165) is 86.6 Å². The molecule has 9 heteroatoms. The second kappa shape index (κ2) is 12.9. The van der Waals surface area contributed by atoms with E-state index in [2.05, 4.69) is 78.1 Å². The number of benzene rings is 1. The largest absolute Gasteiger partial charge is 0.393 e. The van der Waals surface area contributed by atoms with Gasteiger partial charge in [-0.05, 0) is 82.4 Å². The number of fused-ring (bicyclic) bond motifs is 1. The van der Waals surface area contributed by atoms with Crippen LogP contribution in [0, 0.1) is 0 Å². The molecule has 2 aliphatic rings. The van der Waals surface area contributed by atoms with Crippen molar-refractivity contribution in [3.8, 4) is 11.1 Å². The Bertz CT molecular complexity index is 1330. The van der Waals surface area contributed by atoms with Crippen LogP contribution >= 0.6 is 0 Å². The molecule has 0 radical (unpaired) electrons. The highest BCUT2D eigenvalue weighted by Crippen LogP contribution is 2.35. The molecule has 1 saturated carbocycles. The minimum atomic E-state index is -0.230. The molecule has 0 unspecified atom stereocenters. The van der Waals surface area contributed by atoms with Gasteiger partial charge in [-0.3, -0.25) is 4.90 Å². The van der Waals surface area contributed by atoms with Crippen LogP contribution in [0.3, 0.4) is 0 Å². The number of nitrogen functional groups attached to an aromatic ring is 1. The fourth-order valence-electron chi connectivity index (χ4n) is 6.31. The zero-order chi connectivity index (χ0) is 29.1. The number of nitrogens with one attached hydrogen (secondary N) is 1. The van der Waals surface area contributed by atoms with Crippen LogP contribution in [0.5, 0.6) is 0 Å². The summed E-state index contributed by atoms with van der Waals surface area (Å²) < 4.78 is 0. The molecule has 9 nitrogen and oxygen atoms in total. The number of aromatic nitrogens is 3. The molecule has 5 rings (SSSR count). The fourth-order valence-corrected chi connectivity index (χ4v) is 6.31. The normalized spacial score (nSPS) is 19.8. The molecule has 1 aliphatic heterocycles. The van der Waals surface area contributed by atoms with Gasteiger partial charge in [0.2, 0.25) is 0 Å². The molecule has 1 saturated heterocycles. The number of pyridine rings is 1. The lowest BCUT2D eigenvalue weighted by atomic mass is 9.89. The Hall–Kier alpha value is -3.01. The summed E-state index contributed by atoms with van der Waals surface area (Å²) in [4.78, 5) is 22.0. The third-order valence-electron chi connectivity index (χ3n) is 8.92. The van der Waals surface area contributed by atoms with Crippen LogP contribution in [-0.4, -0.2) is 94.9 Å². The van der Waals surface area contributed by atoms with Gasteiger partial charge >= 0.3 is 0 Å². The monoisotopic (exact) mass is 560 g/mol. The first-order valence-electron chi connectivity index (χ1n) is 15.5. The van der Waals surface area contributed by atoms with E-state index in [1.165, 1.54) is 24.1 Å². The average Bonchev–Trinajstić information content (AvgIpc) is 2.96. The summed E-state index contributed by atoms with van der Waals surface area (Å²) >= 11 is 0. The lowest BCUT2D eigenvalue weighted by Gasteiger charge is -2.40. The quantitative estimate of drug-likeness (QED) is 0.318. The predicted molar refractivity (Wildman–Crippen MR) is 170 cm³/mol. The molecule has 0 spiro atoms. The van der Waals surface area contributed by atoms with Crippen LogP contribution in [0.2, 0.25) is 0 Å². The number of anilines is 3. The van der Waals surface area contributed by atoms with Crippen LogP contribution in [0.25, 0.3) is 22.2 Å². The van der Waals surface area contributed by atoms with Crippen molar-refractivity contribution in [2.75, 3.05) is 62.8 Å². The van der Waals surface area contributed by atoms with Gasteiger partial charge in [-0.25, -0.2) is 15.0 Å². The van der Waals surface area contributed by atoms with Crippen molar-refractivity contribution in [3.05, 3.63) is 35.7 Å². The van der Waals surface area contributed by atoms with Gasteiger partial charge in [0, 0.05) is 55.7 Å². The third kappa shape index (κ3) is 6.42. The molecule has 0 amide bonds. The minimum Gasteiger partial charge on any atom is -0.393 e. The molecule has 0 atom stereocenters. The van der Waals surface area contributed by atoms with Crippen molar-refractivity contribution in [1.82, 2.24) is 24.8 Å². The zero-order valence-corrected chi connectivity index (χ0v) is 25.5. The van der Waals surface area contributed by atoms with Crippen LogP contribution in [0.15, 0.2) is 24.4 Å². The van der Waals surface area contributed by atoms with E-state index in [9.17, 15) is 5.11 Å². The highest BCUT2D eigenvalue weighted by atomic mass is 16.3. The van der Waals surface area contributed by atoms with Crippen molar-refractivity contribution >= 4 is 28.4 Å². The van der Waals surface area contributed by atoms with Gasteiger partial charge in [0.05, 0.1) is 11.8 Å². The fraction of sp³-hybridized carbons (Fsp3) is 0.594. The summed E-state index contributed by atoms with van der Waals surface area (Å²) in [6.07, 6.45) is 7.16. The minimum absolute atomic E-state index is 0.220. The van der Waals surface area contributed by atoms with Gasteiger partial charge in [0.1, 0.15) is 16.9 Å². The maximum absolute atomic E-state index is 9.77. The first kappa shape index (κ1) is 29.5. The zero-order valence-electron chi connectivity index (χ0n) is 25.5. The van der Waals surface area contributed by atoms with Crippen LogP contribution < -0.4 is 16.0 Å². The number of nitrogens with two attached hydrogens (primary N) is 1. The lowest BCUT2D eigenvalue weighted by Crippen LogP contribution is -2.47. The van der Waals surface area contributed by atoms with Crippen molar-refractivity contribution in [1.29, 1.82) is 0 Å². The molecule has 3 heterocycles. The Balaban J connectivity index is 1.40. The number of hydrogen-bond acceptors (Lipinski definition) is 9. The number of likely N-dealkylation sites (N-methyl/N-ethyl adjacent to an activating group) is 2. The highest BCUT2D eigenvalue weighted by molar-refractivity contribution is 5.97. The smallest absolute Gasteiger partial charge is 0.151 e. The molecule has 41 heavy (non-hydrogen) atoms. The van der Waals surface area contributed by atoms with Crippen molar-refractivity contribution in [2.24, 2.45) is 0 Å². The van der Waals surface area contributed by atoms with Gasteiger partial charge in [-0.1, -0.05) is 26.8 Å². The molecule has 4 N–H and O–H groups in total. The first-order valence-corrected chi connectivity index (χ1v) is 15.5. The number of nitrogens with zero attached hydrogens (tertiary/aromatic N) is 6. The Morgan fingerprint density at radius 3 is 2.41 bits per heavy atom. The van der Waals surface area contributed by atoms with E-state index in [0.29, 0.717) is 17.4 Å². The number of aliphatic hydroxyl groups is 1. The number of aliphatic hydroxyl groups excluding tert-OH is 1.